The molecule has 1 amide bonds. The van der Waals surface area contributed by atoms with Gasteiger partial charge in [0, 0.05) is 17.7 Å². The maximum atomic E-state index is 13.7. The van der Waals surface area contributed by atoms with Crippen LogP contribution in [0.2, 0.25) is 0 Å². The molecule has 2 heterocycles. The van der Waals surface area contributed by atoms with Crippen LogP contribution in [0.5, 0.6) is 0 Å². The molecule has 1 aromatic carbocycles. The molecular formula is C26H28N4O. The van der Waals surface area contributed by atoms with Crippen molar-refractivity contribution in [2.45, 2.75) is 57.9 Å². The maximum Gasteiger partial charge on any atom is 0.230 e. The second kappa shape index (κ2) is 8.55. The van der Waals surface area contributed by atoms with Crippen molar-refractivity contribution in [2.24, 2.45) is 11.8 Å². The van der Waals surface area contributed by atoms with E-state index in [1.165, 1.54) is 12.0 Å². The summed E-state index contributed by atoms with van der Waals surface area (Å²) >= 11 is 0. The van der Waals surface area contributed by atoms with Gasteiger partial charge in [-0.05, 0) is 61.4 Å². The highest BCUT2D eigenvalue weighted by atomic mass is 16.2. The van der Waals surface area contributed by atoms with E-state index in [2.05, 4.69) is 46.7 Å². The Morgan fingerprint density at radius 3 is 2.81 bits per heavy atom. The number of fused-ring (bicyclic) bond motifs is 2. The van der Waals surface area contributed by atoms with Gasteiger partial charge in [0.05, 0.1) is 29.9 Å². The first-order valence-corrected chi connectivity index (χ1v) is 11.5. The van der Waals surface area contributed by atoms with Crippen LogP contribution in [0, 0.1) is 23.2 Å². The SMILES string of the molecule is N#CC1CC=C(c2ccc3c(c2)N(C(=O)C2CCCCC2)Cc2cccnc2N3)CC1. The summed E-state index contributed by atoms with van der Waals surface area (Å²) in [6, 6.07) is 12.7. The summed E-state index contributed by atoms with van der Waals surface area (Å²) in [5.41, 5.74) is 5.33. The van der Waals surface area contributed by atoms with Crippen molar-refractivity contribution >= 4 is 28.7 Å². The number of anilines is 3. The fourth-order valence-electron chi connectivity index (χ4n) is 5.10. The van der Waals surface area contributed by atoms with Gasteiger partial charge >= 0.3 is 0 Å². The number of pyridine rings is 1. The number of carbonyl (C=O) groups excluding carboxylic acids is 1. The smallest absolute Gasteiger partial charge is 0.230 e. The molecule has 1 N–H and O–H groups in total. The number of hydrogen-bond acceptors (Lipinski definition) is 4. The lowest BCUT2D eigenvalue weighted by molar-refractivity contribution is -0.123. The van der Waals surface area contributed by atoms with Gasteiger partial charge < -0.3 is 10.2 Å². The average molecular weight is 413 g/mol. The van der Waals surface area contributed by atoms with Gasteiger partial charge in [0.15, 0.2) is 0 Å². The van der Waals surface area contributed by atoms with Crippen molar-refractivity contribution in [1.29, 1.82) is 5.26 Å². The van der Waals surface area contributed by atoms with Crippen LogP contribution in [-0.2, 0) is 11.3 Å². The second-order valence-electron chi connectivity index (χ2n) is 8.96. The third kappa shape index (κ3) is 3.95. The first kappa shape index (κ1) is 19.8. The van der Waals surface area contributed by atoms with Crippen LogP contribution in [0.25, 0.3) is 5.57 Å². The molecule has 1 atom stereocenters. The third-order valence-electron chi connectivity index (χ3n) is 6.95. The molecule has 1 unspecified atom stereocenters. The summed E-state index contributed by atoms with van der Waals surface area (Å²) in [4.78, 5) is 20.2. The zero-order chi connectivity index (χ0) is 21.2. The van der Waals surface area contributed by atoms with Crippen molar-refractivity contribution in [3.63, 3.8) is 0 Å². The molecule has 1 aromatic heterocycles. The Morgan fingerprint density at radius 2 is 2.03 bits per heavy atom. The number of rotatable bonds is 2. The van der Waals surface area contributed by atoms with E-state index in [0.717, 1.165) is 73.3 Å². The minimum atomic E-state index is 0.105. The van der Waals surface area contributed by atoms with E-state index in [9.17, 15) is 10.1 Å². The first-order valence-electron chi connectivity index (χ1n) is 11.5. The molecule has 0 spiro atoms. The van der Waals surface area contributed by atoms with Crippen LogP contribution in [0.15, 0.2) is 42.6 Å². The predicted octanol–water partition coefficient (Wildman–Crippen LogP) is 5.96. The van der Waals surface area contributed by atoms with E-state index < -0.39 is 0 Å². The quantitative estimate of drug-likeness (QED) is 0.661. The molecule has 1 aliphatic heterocycles. The minimum Gasteiger partial charge on any atom is -0.338 e. The first-order chi connectivity index (χ1) is 15.2. The minimum absolute atomic E-state index is 0.105. The molecule has 2 aromatic rings. The molecule has 5 rings (SSSR count). The lowest BCUT2D eigenvalue weighted by atomic mass is 9.86. The van der Waals surface area contributed by atoms with Gasteiger partial charge in [-0.2, -0.15) is 5.26 Å². The molecule has 0 radical (unpaired) electrons. The number of carbonyl (C=O) groups is 1. The monoisotopic (exact) mass is 412 g/mol. The molecule has 3 aliphatic rings. The number of hydrogen-bond donors (Lipinski definition) is 1. The Hall–Kier alpha value is -3.13. The van der Waals surface area contributed by atoms with E-state index in [4.69, 9.17) is 0 Å². The fourth-order valence-corrected chi connectivity index (χ4v) is 5.10. The van der Waals surface area contributed by atoms with Crippen molar-refractivity contribution in [3.8, 4) is 6.07 Å². The zero-order valence-electron chi connectivity index (χ0n) is 17.8. The molecule has 158 valence electrons. The van der Waals surface area contributed by atoms with Crippen molar-refractivity contribution in [1.82, 2.24) is 4.98 Å². The predicted molar refractivity (Wildman–Crippen MR) is 123 cm³/mol. The lowest BCUT2D eigenvalue weighted by Crippen LogP contribution is -2.36. The zero-order valence-corrected chi connectivity index (χ0v) is 17.8. The Kier molecular flexibility index (Phi) is 5.46. The van der Waals surface area contributed by atoms with Crippen LogP contribution in [0.4, 0.5) is 17.2 Å². The van der Waals surface area contributed by atoms with E-state index in [-0.39, 0.29) is 17.7 Å². The largest absolute Gasteiger partial charge is 0.338 e. The standard InChI is InChI=1S/C26H28N4O/c27-16-18-8-10-19(11-9-18)21-12-13-23-24(15-21)30(26(31)20-5-2-1-3-6-20)17-22-7-4-14-28-25(22)29-23/h4,7,10,12-15,18,20H,1-3,5-6,8-9,11,17H2,(H,28,29). The van der Waals surface area contributed by atoms with Gasteiger partial charge in [-0.25, -0.2) is 4.98 Å². The molecule has 0 bridgehead atoms. The third-order valence-corrected chi connectivity index (χ3v) is 6.95. The summed E-state index contributed by atoms with van der Waals surface area (Å²) in [5.74, 6) is 1.29. The highest BCUT2D eigenvalue weighted by Crippen LogP contribution is 2.40. The number of nitrogens with one attached hydrogen (secondary N) is 1. The van der Waals surface area contributed by atoms with Gasteiger partial charge in [0.1, 0.15) is 5.82 Å². The number of allylic oxidation sites excluding steroid dienone is 2. The molecule has 1 saturated carbocycles. The number of nitrogens with zero attached hydrogens (tertiary/aromatic N) is 3. The highest BCUT2D eigenvalue weighted by Gasteiger charge is 2.31. The summed E-state index contributed by atoms with van der Waals surface area (Å²) in [7, 11) is 0. The molecule has 2 aliphatic carbocycles. The van der Waals surface area contributed by atoms with Gasteiger partial charge in [0.2, 0.25) is 5.91 Å². The van der Waals surface area contributed by atoms with Gasteiger partial charge in [-0.3, -0.25) is 4.79 Å². The van der Waals surface area contributed by atoms with Crippen LogP contribution in [-0.4, -0.2) is 10.9 Å². The van der Waals surface area contributed by atoms with E-state index in [0.29, 0.717) is 6.54 Å². The maximum absolute atomic E-state index is 13.7. The lowest BCUT2D eigenvalue weighted by Gasteiger charge is -2.30. The molecule has 0 saturated heterocycles. The molecule has 5 heteroatoms. The van der Waals surface area contributed by atoms with E-state index in [1.54, 1.807) is 6.20 Å². The van der Waals surface area contributed by atoms with E-state index >= 15 is 0 Å². The van der Waals surface area contributed by atoms with Gasteiger partial charge in [-0.1, -0.05) is 37.5 Å². The van der Waals surface area contributed by atoms with Crippen LogP contribution < -0.4 is 10.2 Å². The summed E-state index contributed by atoms with van der Waals surface area (Å²) in [6.45, 7) is 0.539. The Morgan fingerprint density at radius 1 is 1.16 bits per heavy atom. The number of aromatic nitrogens is 1. The summed E-state index contributed by atoms with van der Waals surface area (Å²) in [5, 5.41) is 12.7. The van der Waals surface area contributed by atoms with Crippen LogP contribution in [0.1, 0.15) is 62.5 Å². The summed E-state index contributed by atoms with van der Waals surface area (Å²) in [6.07, 6.45) is 12.1. The van der Waals surface area contributed by atoms with Crippen LogP contribution >= 0.6 is 0 Å². The van der Waals surface area contributed by atoms with Crippen molar-refractivity contribution in [2.75, 3.05) is 10.2 Å². The topological polar surface area (TPSA) is 69.0 Å². The van der Waals surface area contributed by atoms with Gasteiger partial charge in [0.25, 0.3) is 0 Å². The normalized spacial score (nSPS) is 21.1. The number of amides is 1. The molecular weight excluding hydrogens is 384 g/mol. The van der Waals surface area contributed by atoms with E-state index in [1.807, 2.05) is 11.0 Å². The fraction of sp³-hybridized carbons (Fsp3) is 0.423. The molecule has 31 heavy (non-hydrogen) atoms. The Balaban J connectivity index is 1.54. The second-order valence-corrected chi connectivity index (χ2v) is 8.96. The highest BCUT2D eigenvalue weighted by molar-refractivity contribution is 6.00. The van der Waals surface area contributed by atoms with Crippen LogP contribution in [0.3, 0.4) is 0 Å². The van der Waals surface area contributed by atoms with Crippen molar-refractivity contribution < 1.29 is 4.79 Å². The van der Waals surface area contributed by atoms with Gasteiger partial charge in [-0.15, -0.1) is 0 Å². The molecule has 1 fully saturated rings. The number of benzene rings is 1. The Labute approximate surface area is 183 Å². The number of nitriles is 1. The average Bonchev–Trinajstić information content (AvgIpc) is 3.00. The Bertz CT molecular complexity index is 1060. The molecule has 5 nitrogen and oxygen atoms in total. The van der Waals surface area contributed by atoms with Crippen molar-refractivity contribution in [3.05, 3.63) is 53.7 Å². The summed E-state index contributed by atoms with van der Waals surface area (Å²) < 4.78 is 0.